The molecule has 0 saturated heterocycles. The van der Waals surface area contributed by atoms with Gasteiger partial charge in [0.1, 0.15) is 0 Å². The highest BCUT2D eigenvalue weighted by atomic mass is 16.3. The maximum Gasteiger partial charge on any atom is 0.222 e. The van der Waals surface area contributed by atoms with Crippen molar-refractivity contribution in [2.75, 3.05) is 20.2 Å². The van der Waals surface area contributed by atoms with Crippen molar-refractivity contribution in [2.24, 2.45) is 5.92 Å². The first kappa shape index (κ1) is 11.9. The Kier molecular flexibility index (Phi) is 5.90. The summed E-state index contributed by atoms with van der Waals surface area (Å²) in [6.07, 6.45) is 0.843. The van der Waals surface area contributed by atoms with E-state index in [0.717, 1.165) is 0 Å². The second kappa shape index (κ2) is 6.44. The fourth-order valence-corrected chi connectivity index (χ4v) is 0.975. The molecule has 0 aliphatic carbocycles. The van der Waals surface area contributed by atoms with Crippen molar-refractivity contribution in [3.63, 3.8) is 0 Å². The first-order valence-electron chi connectivity index (χ1n) is 4.36. The van der Waals surface area contributed by atoms with E-state index in [2.05, 4.69) is 6.07 Å². The number of nitriles is 1. The van der Waals surface area contributed by atoms with Gasteiger partial charge in [-0.25, -0.2) is 0 Å². The van der Waals surface area contributed by atoms with Crippen LogP contribution in [0.1, 0.15) is 19.8 Å². The summed E-state index contributed by atoms with van der Waals surface area (Å²) in [6, 6.07) is 2.06. The number of amides is 1. The van der Waals surface area contributed by atoms with Gasteiger partial charge in [-0.05, 0) is 13.3 Å². The first-order valence-corrected chi connectivity index (χ1v) is 4.36. The fraction of sp³-hybridized carbons (Fsp3) is 0.778. The van der Waals surface area contributed by atoms with Gasteiger partial charge in [-0.1, -0.05) is 0 Å². The van der Waals surface area contributed by atoms with Crippen LogP contribution in [0.2, 0.25) is 0 Å². The normalized spacial score (nSPS) is 11.8. The van der Waals surface area contributed by atoms with Crippen molar-refractivity contribution in [1.82, 2.24) is 4.90 Å². The van der Waals surface area contributed by atoms with Crippen LogP contribution in [0.25, 0.3) is 0 Å². The second-order valence-electron chi connectivity index (χ2n) is 3.13. The maximum atomic E-state index is 11.3. The molecule has 1 N–H and O–H groups in total. The van der Waals surface area contributed by atoms with Crippen molar-refractivity contribution in [2.45, 2.75) is 19.8 Å². The summed E-state index contributed by atoms with van der Waals surface area (Å²) in [5, 5.41) is 17.0. The number of aliphatic hydroxyl groups excluding tert-OH is 1. The van der Waals surface area contributed by atoms with Crippen LogP contribution in [0.4, 0.5) is 0 Å². The van der Waals surface area contributed by atoms with E-state index < -0.39 is 0 Å². The smallest absolute Gasteiger partial charge is 0.222 e. The van der Waals surface area contributed by atoms with Gasteiger partial charge in [-0.15, -0.1) is 0 Å². The molecule has 0 fully saturated rings. The average molecular weight is 184 g/mol. The number of rotatable bonds is 5. The molecule has 4 heteroatoms. The molecular formula is C9H16N2O2. The molecule has 0 aliphatic rings. The molecule has 0 saturated carbocycles. The molecule has 4 nitrogen and oxygen atoms in total. The van der Waals surface area contributed by atoms with Crippen molar-refractivity contribution in [3.8, 4) is 6.07 Å². The van der Waals surface area contributed by atoms with Crippen LogP contribution in [0.15, 0.2) is 0 Å². The molecule has 0 aromatic rings. The standard InChI is InChI=1S/C9H16N2O2/c1-8(6-10)7-11(2)9(13)4-3-5-12/h8,12H,3-5,7H2,1-2H3. The van der Waals surface area contributed by atoms with Gasteiger partial charge in [-0.3, -0.25) is 4.79 Å². The Morgan fingerprint density at radius 2 is 2.31 bits per heavy atom. The third-order valence-electron chi connectivity index (χ3n) is 1.74. The van der Waals surface area contributed by atoms with Crippen molar-refractivity contribution < 1.29 is 9.90 Å². The number of hydrogen-bond acceptors (Lipinski definition) is 3. The van der Waals surface area contributed by atoms with E-state index in [1.807, 2.05) is 0 Å². The van der Waals surface area contributed by atoms with Gasteiger partial charge in [0, 0.05) is 26.6 Å². The monoisotopic (exact) mass is 184 g/mol. The van der Waals surface area contributed by atoms with Crippen molar-refractivity contribution >= 4 is 5.91 Å². The number of carbonyl (C=O) groups excluding carboxylic acids is 1. The minimum atomic E-state index is -0.136. The Morgan fingerprint density at radius 3 is 2.77 bits per heavy atom. The lowest BCUT2D eigenvalue weighted by Gasteiger charge is -2.17. The van der Waals surface area contributed by atoms with Gasteiger partial charge in [0.05, 0.1) is 12.0 Å². The molecule has 74 valence electrons. The first-order chi connectivity index (χ1) is 6.11. The summed E-state index contributed by atoms with van der Waals surface area (Å²) < 4.78 is 0. The molecule has 1 atom stereocenters. The Balaban J connectivity index is 3.77. The minimum Gasteiger partial charge on any atom is -0.396 e. The van der Waals surface area contributed by atoms with Crippen molar-refractivity contribution in [1.29, 1.82) is 5.26 Å². The number of aliphatic hydroxyl groups is 1. The summed E-state index contributed by atoms with van der Waals surface area (Å²) in [4.78, 5) is 12.8. The molecule has 0 aromatic carbocycles. The van der Waals surface area contributed by atoms with Crippen LogP contribution in [-0.2, 0) is 4.79 Å². The zero-order valence-corrected chi connectivity index (χ0v) is 8.16. The SMILES string of the molecule is CC(C#N)CN(C)C(=O)CCCO. The summed E-state index contributed by atoms with van der Waals surface area (Å²) in [7, 11) is 1.67. The third-order valence-corrected chi connectivity index (χ3v) is 1.74. The van der Waals surface area contributed by atoms with E-state index in [9.17, 15) is 4.79 Å². The molecule has 0 aliphatic heterocycles. The largest absolute Gasteiger partial charge is 0.396 e. The van der Waals surface area contributed by atoms with Crippen LogP contribution in [-0.4, -0.2) is 36.1 Å². The molecule has 0 radical (unpaired) electrons. The van der Waals surface area contributed by atoms with E-state index in [-0.39, 0.29) is 18.4 Å². The summed E-state index contributed by atoms with van der Waals surface area (Å²) in [5.74, 6) is -0.153. The Bertz CT molecular complexity index is 198. The van der Waals surface area contributed by atoms with Crippen LogP contribution in [0.5, 0.6) is 0 Å². The lowest BCUT2D eigenvalue weighted by Crippen LogP contribution is -2.30. The molecular weight excluding hydrogens is 168 g/mol. The highest BCUT2D eigenvalue weighted by molar-refractivity contribution is 5.75. The quantitative estimate of drug-likeness (QED) is 0.671. The molecule has 0 heterocycles. The second-order valence-corrected chi connectivity index (χ2v) is 3.13. The Labute approximate surface area is 78.8 Å². The van der Waals surface area contributed by atoms with E-state index in [0.29, 0.717) is 19.4 Å². The molecule has 1 unspecified atom stereocenters. The van der Waals surface area contributed by atoms with Crippen LogP contribution in [0.3, 0.4) is 0 Å². The summed E-state index contributed by atoms with van der Waals surface area (Å²) >= 11 is 0. The lowest BCUT2D eigenvalue weighted by atomic mass is 10.2. The van der Waals surface area contributed by atoms with Gasteiger partial charge in [0.2, 0.25) is 5.91 Å². The summed E-state index contributed by atoms with van der Waals surface area (Å²) in [6.45, 7) is 2.27. The fourth-order valence-electron chi connectivity index (χ4n) is 0.975. The number of nitrogens with zero attached hydrogens (tertiary/aromatic N) is 2. The van der Waals surface area contributed by atoms with Gasteiger partial charge in [0.25, 0.3) is 0 Å². The lowest BCUT2D eigenvalue weighted by molar-refractivity contribution is -0.130. The van der Waals surface area contributed by atoms with Gasteiger partial charge >= 0.3 is 0 Å². The topological polar surface area (TPSA) is 64.3 Å². The molecule has 1 amide bonds. The molecule has 0 rings (SSSR count). The summed E-state index contributed by atoms with van der Waals surface area (Å²) in [5.41, 5.74) is 0. The van der Waals surface area contributed by atoms with Gasteiger partial charge in [-0.2, -0.15) is 5.26 Å². The zero-order valence-electron chi connectivity index (χ0n) is 8.16. The highest BCUT2D eigenvalue weighted by Gasteiger charge is 2.10. The van der Waals surface area contributed by atoms with E-state index in [4.69, 9.17) is 10.4 Å². The molecule has 0 aromatic heterocycles. The molecule has 0 bridgehead atoms. The zero-order chi connectivity index (χ0) is 10.3. The van der Waals surface area contributed by atoms with E-state index in [1.165, 1.54) is 4.90 Å². The van der Waals surface area contributed by atoms with Crippen molar-refractivity contribution in [3.05, 3.63) is 0 Å². The van der Waals surface area contributed by atoms with Crippen LogP contribution in [0, 0.1) is 17.2 Å². The Hall–Kier alpha value is -1.08. The number of hydrogen-bond donors (Lipinski definition) is 1. The highest BCUT2D eigenvalue weighted by Crippen LogP contribution is 2.00. The van der Waals surface area contributed by atoms with Gasteiger partial charge in [0.15, 0.2) is 0 Å². The minimum absolute atomic E-state index is 0.0175. The third kappa shape index (κ3) is 5.21. The predicted octanol–water partition coefficient (Wildman–Crippen LogP) is 0.377. The predicted molar refractivity (Wildman–Crippen MR) is 48.7 cm³/mol. The molecule has 13 heavy (non-hydrogen) atoms. The Morgan fingerprint density at radius 1 is 1.69 bits per heavy atom. The maximum absolute atomic E-state index is 11.3. The van der Waals surface area contributed by atoms with Gasteiger partial charge < -0.3 is 10.0 Å². The van der Waals surface area contributed by atoms with E-state index >= 15 is 0 Å². The van der Waals surface area contributed by atoms with E-state index in [1.54, 1.807) is 14.0 Å². The average Bonchev–Trinajstić information content (AvgIpc) is 2.13. The number of carbonyl (C=O) groups is 1. The van der Waals surface area contributed by atoms with Crippen LogP contribution < -0.4 is 0 Å². The van der Waals surface area contributed by atoms with Crippen LogP contribution >= 0.6 is 0 Å². The molecule has 0 spiro atoms.